The van der Waals surface area contributed by atoms with E-state index >= 15 is 0 Å². The lowest BCUT2D eigenvalue weighted by Gasteiger charge is -2.26. The maximum atomic E-state index is 6.55. The van der Waals surface area contributed by atoms with Crippen molar-refractivity contribution in [2.75, 3.05) is 4.90 Å². The van der Waals surface area contributed by atoms with E-state index in [0.717, 1.165) is 55.5 Å². The minimum atomic E-state index is 0.895. The largest absolute Gasteiger partial charge is 0.455 e. The molecule has 12 aromatic rings. The lowest BCUT2D eigenvalue weighted by Crippen LogP contribution is -2.09. The first-order valence-corrected chi connectivity index (χ1v) is 21.9. The molecule has 0 amide bonds. The third-order valence-electron chi connectivity index (χ3n) is 12.7. The summed E-state index contributed by atoms with van der Waals surface area (Å²) < 4.78 is 6.55. The molecule has 0 unspecified atom stereocenters. The second-order valence-corrected chi connectivity index (χ2v) is 16.5. The molecule has 0 aliphatic rings. The molecular weight excluding hydrogens is 775 g/mol. The van der Waals surface area contributed by atoms with Gasteiger partial charge in [0.1, 0.15) is 11.2 Å². The minimum Gasteiger partial charge on any atom is -0.455 e. The molecular formula is C62H41NO. The van der Waals surface area contributed by atoms with Crippen LogP contribution in [0.1, 0.15) is 0 Å². The van der Waals surface area contributed by atoms with Crippen LogP contribution in [-0.4, -0.2) is 0 Å². The summed E-state index contributed by atoms with van der Waals surface area (Å²) in [5, 5.41) is 7.09. The summed E-state index contributed by atoms with van der Waals surface area (Å²) in [6.07, 6.45) is 0. The Morgan fingerprint density at radius 1 is 0.266 bits per heavy atom. The first-order valence-electron chi connectivity index (χ1n) is 21.9. The Kier molecular flexibility index (Phi) is 9.20. The second kappa shape index (κ2) is 15.8. The summed E-state index contributed by atoms with van der Waals surface area (Å²) in [7, 11) is 0. The van der Waals surface area contributed by atoms with Gasteiger partial charge >= 0.3 is 0 Å². The summed E-state index contributed by atoms with van der Waals surface area (Å²) in [6, 6.07) is 89.5. The van der Waals surface area contributed by atoms with Crippen molar-refractivity contribution >= 4 is 60.5 Å². The second-order valence-electron chi connectivity index (χ2n) is 16.5. The number of rotatable bonds is 8. The zero-order valence-corrected chi connectivity index (χ0v) is 35.0. The van der Waals surface area contributed by atoms with Crippen LogP contribution in [0.15, 0.2) is 253 Å². The van der Waals surface area contributed by atoms with Gasteiger partial charge in [-0.15, -0.1) is 0 Å². The van der Waals surface area contributed by atoms with Gasteiger partial charge in [0.05, 0.1) is 0 Å². The van der Waals surface area contributed by atoms with Crippen molar-refractivity contribution in [3.63, 3.8) is 0 Å². The van der Waals surface area contributed by atoms with Crippen LogP contribution in [0.5, 0.6) is 0 Å². The lowest BCUT2D eigenvalue weighted by atomic mass is 9.95. The SMILES string of the molecule is c1ccc(-c2ccc(-c3ccc(N(c4ccc(-c5cccc(-c6cccc7ccccc67)c5)cc4)c4ccc(-c5cccc6oc7c8ccccc8ccc7c56)cc4)cc3)cc2)cc1. The molecule has 0 spiro atoms. The molecule has 1 aromatic heterocycles. The monoisotopic (exact) mass is 815 g/mol. The highest BCUT2D eigenvalue weighted by molar-refractivity contribution is 6.19. The molecule has 1 heterocycles. The summed E-state index contributed by atoms with van der Waals surface area (Å²) >= 11 is 0. The summed E-state index contributed by atoms with van der Waals surface area (Å²) in [5.41, 5.74) is 17.0. The third kappa shape index (κ3) is 6.70. The van der Waals surface area contributed by atoms with Crippen LogP contribution in [0.25, 0.3) is 99.1 Å². The highest BCUT2D eigenvalue weighted by Crippen LogP contribution is 2.42. The number of nitrogens with zero attached hydrogens (tertiary/aromatic N) is 1. The maximum Gasteiger partial charge on any atom is 0.143 e. The summed E-state index contributed by atoms with van der Waals surface area (Å²) in [6.45, 7) is 0. The Balaban J connectivity index is 0.912. The quantitative estimate of drug-likeness (QED) is 0.152. The van der Waals surface area contributed by atoms with E-state index < -0.39 is 0 Å². The Morgan fingerprint density at radius 3 is 1.39 bits per heavy atom. The zero-order valence-electron chi connectivity index (χ0n) is 35.0. The van der Waals surface area contributed by atoms with Crippen molar-refractivity contribution in [3.05, 3.63) is 249 Å². The molecule has 0 N–H and O–H groups in total. The summed E-state index contributed by atoms with van der Waals surface area (Å²) in [5.74, 6) is 0. The molecule has 12 rings (SSSR count). The topological polar surface area (TPSA) is 16.4 Å². The van der Waals surface area contributed by atoms with Crippen LogP contribution in [0, 0.1) is 0 Å². The number of furan rings is 1. The van der Waals surface area contributed by atoms with Crippen LogP contribution in [0.3, 0.4) is 0 Å². The van der Waals surface area contributed by atoms with Crippen molar-refractivity contribution < 1.29 is 4.42 Å². The highest BCUT2D eigenvalue weighted by atomic mass is 16.3. The van der Waals surface area contributed by atoms with Crippen molar-refractivity contribution in [1.29, 1.82) is 0 Å². The molecule has 300 valence electrons. The van der Waals surface area contributed by atoms with E-state index in [9.17, 15) is 0 Å². The number of hydrogen-bond acceptors (Lipinski definition) is 2. The normalized spacial score (nSPS) is 11.4. The van der Waals surface area contributed by atoms with Gasteiger partial charge in [0.15, 0.2) is 0 Å². The van der Waals surface area contributed by atoms with E-state index in [1.54, 1.807) is 0 Å². The maximum absolute atomic E-state index is 6.55. The van der Waals surface area contributed by atoms with Crippen LogP contribution in [0.4, 0.5) is 17.1 Å². The Labute approximate surface area is 372 Å². The van der Waals surface area contributed by atoms with E-state index in [0.29, 0.717) is 0 Å². The van der Waals surface area contributed by atoms with Crippen LogP contribution >= 0.6 is 0 Å². The predicted molar refractivity (Wildman–Crippen MR) is 271 cm³/mol. The molecule has 0 aliphatic carbocycles. The van der Waals surface area contributed by atoms with Gasteiger partial charge < -0.3 is 9.32 Å². The average Bonchev–Trinajstić information content (AvgIpc) is 3.77. The minimum absolute atomic E-state index is 0.895. The number of benzene rings is 11. The molecule has 0 aliphatic heterocycles. The summed E-state index contributed by atoms with van der Waals surface area (Å²) in [4.78, 5) is 2.35. The highest BCUT2D eigenvalue weighted by Gasteiger charge is 2.17. The average molecular weight is 816 g/mol. The predicted octanol–water partition coefficient (Wildman–Crippen LogP) is 17.7. The van der Waals surface area contributed by atoms with E-state index in [4.69, 9.17) is 4.42 Å². The molecule has 2 heteroatoms. The van der Waals surface area contributed by atoms with Crippen LogP contribution in [-0.2, 0) is 0 Å². The number of anilines is 3. The number of hydrogen-bond donors (Lipinski definition) is 0. The Morgan fingerprint density at radius 2 is 0.719 bits per heavy atom. The first kappa shape index (κ1) is 37.3. The molecule has 64 heavy (non-hydrogen) atoms. The van der Waals surface area contributed by atoms with Gasteiger partial charge in [-0.25, -0.2) is 0 Å². The van der Waals surface area contributed by atoms with E-state index in [-0.39, 0.29) is 0 Å². The van der Waals surface area contributed by atoms with E-state index in [1.165, 1.54) is 60.7 Å². The molecule has 0 saturated heterocycles. The van der Waals surface area contributed by atoms with E-state index in [1.807, 2.05) is 0 Å². The van der Waals surface area contributed by atoms with Gasteiger partial charge in [0.2, 0.25) is 0 Å². The number of fused-ring (bicyclic) bond motifs is 6. The molecule has 0 fully saturated rings. The van der Waals surface area contributed by atoms with Crippen molar-refractivity contribution in [3.8, 4) is 55.6 Å². The van der Waals surface area contributed by atoms with Crippen LogP contribution in [0.2, 0.25) is 0 Å². The van der Waals surface area contributed by atoms with Gasteiger partial charge in [0.25, 0.3) is 0 Å². The lowest BCUT2D eigenvalue weighted by molar-refractivity contribution is 0.673. The smallest absolute Gasteiger partial charge is 0.143 e. The molecule has 11 aromatic carbocycles. The van der Waals surface area contributed by atoms with Crippen molar-refractivity contribution in [2.45, 2.75) is 0 Å². The molecule has 2 nitrogen and oxygen atoms in total. The zero-order chi connectivity index (χ0) is 42.4. The fourth-order valence-corrected chi connectivity index (χ4v) is 9.47. The fourth-order valence-electron chi connectivity index (χ4n) is 9.47. The Hall–Kier alpha value is -8.46. The fraction of sp³-hybridized carbons (Fsp3) is 0. The van der Waals surface area contributed by atoms with E-state index in [2.05, 4.69) is 254 Å². The van der Waals surface area contributed by atoms with Crippen molar-refractivity contribution in [2.24, 2.45) is 0 Å². The first-order chi connectivity index (χ1) is 31.7. The van der Waals surface area contributed by atoms with Crippen LogP contribution < -0.4 is 4.90 Å². The van der Waals surface area contributed by atoms with Gasteiger partial charge in [-0.2, -0.15) is 0 Å². The van der Waals surface area contributed by atoms with Gasteiger partial charge in [0, 0.05) is 33.2 Å². The van der Waals surface area contributed by atoms with Gasteiger partial charge in [-0.3, -0.25) is 0 Å². The molecule has 0 bridgehead atoms. The molecule has 0 saturated carbocycles. The molecule has 0 radical (unpaired) electrons. The standard InChI is InChI=1S/C62H41NO/c1-2-11-42(12-3-1)43-23-25-44(26-24-43)45-27-34-52(35-28-45)63(53-36-29-46(30-37-53)50-16-8-17-51(41-50)56-20-9-15-47-13-4-6-18-55(47)56)54-38-31-49(32-39-54)57-21-10-22-60-61(57)59-40-33-48-14-5-7-19-58(48)62(59)64-60/h1-41H. The third-order valence-corrected chi connectivity index (χ3v) is 12.7. The Bertz CT molecular complexity index is 3620. The molecule has 0 atom stereocenters. The van der Waals surface area contributed by atoms with Gasteiger partial charge in [-0.05, 0) is 126 Å². The van der Waals surface area contributed by atoms with Crippen molar-refractivity contribution in [1.82, 2.24) is 0 Å². The van der Waals surface area contributed by atoms with Gasteiger partial charge in [-0.1, -0.05) is 194 Å².